The van der Waals surface area contributed by atoms with E-state index in [1.165, 1.54) is 12.4 Å². The third-order valence-electron chi connectivity index (χ3n) is 4.81. The fourth-order valence-corrected chi connectivity index (χ4v) is 4.05. The number of carbonyl (C=O) groups is 1. The third-order valence-corrected chi connectivity index (χ3v) is 5.64. The van der Waals surface area contributed by atoms with Crippen LogP contribution in [0.2, 0.25) is 0 Å². The van der Waals surface area contributed by atoms with E-state index in [4.69, 9.17) is 16.9 Å². The van der Waals surface area contributed by atoms with Crippen molar-refractivity contribution in [2.75, 3.05) is 11.9 Å². The van der Waals surface area contributed by atoms with Crippen LogP contribution in [-0.2, 0) is 0 Å². The number of aromatic nitrogens is 1. The van der Waals surface area contributed by atoms with Crippen LogP contribution in [-0.4, -0.2) is 35.2 Å². The van der Waals surface area contributed by atoms with Crippen molar-refractivity contribution in [3.05, 3.63) is 52.8 Å². The van der Waals surface area contributed by atoms with Gasteiger partial charge in [0.05, 0.1) is 16.8 Å². The number of amides is 1. The number of thioether (sulfide) groups is 1. The summed E-state index contributed by atoms with van der Waals surface area (Å²) >= 11 is 1.56. The van der Waals surface area contributed by atoms with E-state index in [2.05, 4.69) is 20.9 Å². The summed E-state index contributed by atoms with van der Waals surface area (Å²) < 4.78 is 0. The molecule has 2 heterocycles. The van der Waals surface area contributed by atoms with Crippen LogP contribution in [0.25, 0.3) is 16.5 Å². The Morgan fingerprint density at radius 2 is 2.23 bits per heavy atom. The largest absolute Gasteiger partial charge is 0.404 e. The van der Waals surface area contributed by atoms with E-state index in [0.29, 0.717) is 17.7 Å². The molecule has 1 aliphatic rings. The van der Waals surface area contributed by atoms with Crippen molar-refractivity contribution in [1.29, 1.82) is 5.41 Å². The number of fused-ring (bicyclic) bond motifs is 1. The highest BCUT2D eigenvalue weighted by Crippen LogP contribution is 2.29. The van der Waals surface area contributed by atoms with Crippen LogP contribution in [0.15, 0.2) is 41.7 Å². The Kier molecular flexibility index (Phi) is 7.54. The Balaban J connectivity index is 1.82. The summed E-state index contributed by atoms with van der Waals surface area (Å²) in [4.78, 5) is 17.4. The first-order valence-corrected chi connectivity index (χ1v) is 11.1. The first-order valence-electron chi connectivity index (χ1n) is 10.2. The molecule has 0 radical (unpaired) electrons. The molecule has 9 heteroatoms. The van der Waals surface area contributed by atoms with Gasteiger partial charge in [-0.3, -0.25) is 9.78 Å². The van der Waals surface area contributed by atoms with Gasteiger partial charge in [0.25, 0.3) is 5.91 Å². The van der Waals surface area contributed by atoms with Crippen molar-refractivity contribution < 1.29 is 4.79 Å². The number of nitrogens with one attached hydrogen (secondary N) is 4. The van der Waals surface area contributed by atoms with Crippen LogP contribution in [0.5, 0.6) is 0 Å². The van der Waals surface area contributed by atoms with Crippen LogP contribution in [0.4, 0.5) is 5.69 Å². The minimum absolute atomic E-state index is 0.0786. The fourth-order valence-electron chi connectivity index (χ4n) is 3.33. The van der Waals surface area contributed by atoms with Gasteiger partial charge in [-0.15, -0.1) is 0 Å². The molecule has 0 spiro atoms. The van der Waals surface area contributed by atoms with Gasteiger partial charge in [0, 0.05) is 47.9 Å². The molecule has 1 aromatic heterocycles. The van der Waals surface area contributed by atoms with E-state index in [1.807, 2.05) is 37.5 Å². The number of nitrogens with zero attached hydrogens (tertiary/aromatic N) is 1. The topological polar surface area (TPSA) is 142 Å². The van der Waals surface area contributed by atoms with Gasteiger partial charge in [0.15, 0.2) is 0 Å². The number of allylic oxidation sites excluding steroid dienone is 2. The molecule has 1 atom stereocenters. The third kappa shape index (κ3) is 5.56. The van der Waals surface area contributed by atoms with Crippen molar-refractivity contribution in [1.82, 2.24) is 15.6 Å². The molecular weight excluding hydrogens is 410 g/mol. The number of carbonyl (C=O) groups excluding carboxylic acids is 1. The highest BCUT2D eigenvalue weighted by molar-refractivity contribution is 8.02. The lowest BCUT2D eigenvalue weighted by Crippen LogP contribution is -2.30. The van der Waals surface area contributed by atoms with Crippen LogP contribution in [0.3, 0.4) is 0 Å². The Morgan fingerprint density at radius 3 is 2.87 bits per heavy atom. The second-order valence-corrected chi connectivity index (χ2v) is 8.56. The zero-order valence-corrected chi connectivity index (χ0v) is 18.6. The molecule has 2 aromatic rings. The van der Waals surface area contributed by atoms with Gasteiger partial charge in [-0.2, -0.15) is 0 Å². The Morgan fingerprint density at radius 1 is 1.42 bits per heavy atom. The lowest BCUT2D eigenvalue weighted by atomic mass is 10.0. The predicted molar refractivity (Wildman–Crippen MR) is 130 cm³/mol. The second-order valence-electron chi connectivity index (χ2n) is 7.55. The summed E-state index contributed by atoms with van der Waals surface area (Å²) in [5.41, 5.74) is 15.8. The Bertz CT molecular complexity index is 1030. The molecule has 31 heavy (non-hydrogen) atoms. The highest BCUT2D eigenvalue weighted by Gasteiger charge is 2.17. The van der Waals surface area contributed by atoms with Crippen LogP contribution in [0, 0.1) is 5.41 Å². The van der Waals surface area contributed by atoms with Crippen molar-refractivity contribution in [2.24, 2.45) is 11.5 Å². The van der Waals surface area contributed by atoms with Gasteiger partial charge in [-0.05, 0) is 49.8 Å². The zero-order chi connectivity index (χ0) is 22.4. The lowest BCUT2D eigenvalue weighted by molar-refractivity contribution is 0.0953. The fraction of sp³-hybridized carbons (Fsp3) is 0.318. The number of anilines is 1. The molecular formula is C22H29N7OS. The smallest absolute Gasteiger partial charge is 0.254 e. The first-order chi connectivity index (χ1) is 14.9. The minimum atomic E-state index is -0.177. The van der Waals surface area contributed by atoms with Gasteiger partial charge in [-0.25, -0.2) is 0 Å². The van der Waals surface area contributed by atoms with Crippen molar-refractivity contribution in [3.63, 3.8) is 0 Å². The standard InChI is InChI=1S/C22H29N7OS/c1-13(2)28-20-17-8-14(15(9-23)10-24)5-6-19(17)27-11-18(20)21(30)26-7-3-4-16-12-31-22(25)29-16/h5-6,8-13,22-23,29H,3-4,7,24-25H2,1-2H3,(H,26,30)(H,27,28)/b15-10+,23-9?. The van der Waals surface area contributed by atoms with Gasteiger partial charge in [0.2, 0.25) is 0 Å². The summed E-state index contributed by atoms with van der Waals surface area (Å²) in [6.45, 7) is 4.59. The number of pyridine rings is 1. The summed E-state index contributed by atoms with van der Waals surface area (Å²) in [5.74, 6) is -0.177. The molecule has 8 nitrogen and oxygen atoms in total. The molecule has 0 aliphatic carbocycles. The van der Waals surface area contributed by atoms with E-state index in [9.17, 15) is 4.79 Å². The molecule has 0 fully saturated rings. The molecule has 8 N–H and O–H groups in total. The summed E-state index contributed by atoms with van der Waals surface area (Å²) in [6.07, 6.45) is 5.85. The second kappa shape index (κ2) is 10.3. The molecule has 164 valence electrons. The van der Waals surface area contributed by atoms with Crippen molar-refractivity contribution in [2.45, 2.75) is 38.2 Å². The maximum atomic E-state index is 13.0. The summed E-state index contributed by atoms with van der Waals surface area (Å²) in [5, 5.41) is 20.0. The number of rotatable bonds is 9. The number of nitrogens with two attached hydrogens (primary N) is 2. The van der Waals surface area contributed by atoms with Gasteiger partial charge in [-0.1, -0.05) is 17.8 Å². The molecule has 1 amide bonds. The zero-order valence-electron chi connectivity index (χ0n) is 17.7. The van der Waals surface area contributed by atoms with Crippen molar-refractivity contribution in [3.8, 4) is 0 Å². The molecule has 1 unspecified atom stereocenters. The molecule has 1 aliphatic heterocycles. The van der Waals surface area contributed by atoms with Crippen LogP contribution in [0.1, 0.15) is 42.6 Å². The summed E-state index contributed by atoms with van der Waals surface area (Å²) in [7, 11) is 0. The highest BCUT2D eigenvalue weighted by atomic mass is 32.2. The number of benzene rings is 1. The molecule has 0 saturated heterocycles. The van der Waals surface area contributed by atoms with Gasteiger partial charge in [0.1, 0.15) is 5.50 Å². The molecule has 0 saturated carbocycles. The maximum absolute atomic E-state index is 13.0. The quantitative estimate of drug-likeness (QED) is 0.260. The monoisotopic (exact) mass is 439 g/mol. The lowest BCUT2D eigenvalue weighted by Gasteiger charge is -2.18. The molecule has 1 aromatic carbocycles. The van der Waals surface area contributed by atoms with E-state index < -0.39 is 0 Å². The number of hydrogen-bond acceptors (Lipinski definition) is 8. The Hall–Kier alpha value is -3.04. The molecule has 3 rings (SSSR count). The number of hydrogen-bond donors (Lipinski definition) is 6. The Labute approximate surface area is 186 Å². The van der Waals surface area contributed by atoms with Crippen molar-refractivity contribution >= 4 is 46.0 Å². The van der Waals surface area contributed by atoms with Crippen LogP contribution < -0.4 is 27.4 Å². The average Bonchev–Trinajstić information content (AvgIpc) is 3.17. The van der Waals surface area contributed by atoms with Gasteiger partial charge >= 0.3 is 0 Å². The average molecular weight is 440 g/mol. The van der Waals surface area contributed by atoms with Crippen LogP contribution >= 0.6 is 11.8 Å². The van der Waals surface area contributed by atoms with Gasteiger partial charge < -0.3 is 32.8 Å². The van der Waals surface area contributed by atoms with E-state index in [0.717, 1.165) is 40.7 Å². The normalized spacial score (nSPS) is 16.2. The SMILES string of the molecule is CC(C)Nc1c(C(=O)NCCCC2=CSC(N)N2)cnc2ccc(/C(C=N)=C/N)cc12. The minimum Gasteiger partial charge on any atom is -0.404 e. The first kappa shape index (κ1) is 22.6. The molecule has 0 bridgehead atoms. The summed E-state index contributed by atoms with van der Waals surface area (Å²) in [6, 6.07) is 5.77. The van der Waals surface area contributed by atoms with E-state index in [1.54, 1.807) is 18.0 Å². The predicted octanol–water partition coefficient (Wildman–Crippen LogP) is 2.93. The van der Waals surface area contributed by atoms with E-state index >= 15 is 0 Å². The van der Waals surface area contributed by atoms with E-state index in [-0.39, 0.29) is 17.4 Å². The maximum Gasteiger partial charge on any atom is 0.254 e.